The lowest BCUT2D eigenvalue weighted by molar-refractivity contribution is -0.144. The predicted octanol–water partition coefficient (Wildman–Crippen LogP) is 2.08. The number of carbonyl (C=O) groups excluding carboxylic acids is 1. The summed E-state index contributed by atoms with van der Waals surface area (Å²) < 4.78 is 124. The van der Waals surface area contributed by atoms with E-state index in [9.17, 15) is 48.0 Å². The van der Waals surface area contributed by atoms with Crippen molar-refractivity contribution in [2.45, 2.75) is 41.0 Å². The first kappa shape index (κ1) is 21.7. The average molecular weight is 418 g/mol. The summed E-state index contributed by atoms with van der Waals surface area (Å²) in [4.78, 5) is 11.1. The highest BCUT2D eigenvalue weighted by atomic mass is 32.3. The molecule has 0 aromatic heterocycles. The predicted molar refractivity (Wildman–Crippen MR) is 71.2 cm³/mol. The fourth-order valence-corrected chi connectivity index (χ4v) is 6.56. The van der Waals surface area contributed by atoms with Crippen LogP contribution in [0.2, 0.25) is 0 Å². The van der Waals surface area contributed by atoms with Crippen molar-refractivity contribution in [1.29, 1.82) is 0 Å². The van der Waals surface area contributed by atoms with E-state index in [1.54, 1.807) is 0 Å². The molecule has 25 heavy (non-hydrogen) atoms. The van der Waals surface area contributed by atoms with E-state index in [4.69, 9.17) is 0 Å². The first-order valence-electron chi connectivity index (χ1n) is 6.50. The molecule has 6 nitrogen and oxygen atoms in total. The molecular weight excluding hydrogens is 406 g/mol. The van der Waals surface area contributed by atoms with Gasteiger partial charge in [-0.3, -0.25) is 0 Å². The van der Waals surface area contributed by atoms with Crippen molar-refractivity contribution < 1.29 is 52.7 Å². The number of carbonyl (C=O) groups is 1. The molecule has 0 bridgehead atoms. The smallest absolute Gasteiger partial charge is 0.459 e. The highest BCUT2D eigenvalue weighted by Gasteiger charge is 2.66. The van der Waals surface area contributed by atoms with Crippen molar-refractivity contribution in [2.75, 3.05) is 0 Å². The van der Waals surface area contributed by atoms with Crippen LogP contribution >= 0.6 is 0 Å². The Hall–Kier alpha value is -1.31. The second-order valence-corrected chi connectivity index (χ2v) is 9.54. The van der Waals surface area contributed by atoms with Crippen LogP contribution in [0.1, 0.15) is 19.3 Å². The third-order valence-corrected chi connectivity index (χ3v) is 8.28. The molecule has 0 spiro atoms. The molecule has 1 aliphatic rings. The summed E-state index contributed by atoms with van der Waals surface area (Å²) in [6.45, 7) is 2.98. The molecule has 0 aromatic rings. The maximum absolute atomic E-state index is 12.8. The minimum absolute atomic E-state index is 0.128. The standard InChI is InChI=1S/C11H12F6O6S2/c1-2-8(18)23-7-5-3-4-6(7)9(24(19,20)10(12,13)14)25(21,22)11(15,16)17/h2,6-7,9H,1,3-5H2. The average Bonchev–Trinajstić information content (AvgIpc) is 2.83. The minimum atomic E-state index is -6.76. The Morgan fingerprint density at radius 3 is 1.80 bits per heavy atom. The van der Waals surface area contributed by atoms with Crippen LogP contribution in [0.5, 0.6) is 0 Å². The largest absolute Gasteiger partial charge is 0.498 e. The number of sulfone groups is 2. The van der Waals surface area contributed by atoms with Crippen LogP contribution in [0.3, 0.4) is 0 Å². The van der Waals surface area contributed by atoms with Gasteiger partial charge in [0, 0.05) is 12.0 Å². The van der Waals surface area contributed by atoms with Gasteiger partial charge >= 0.3 is 17.0 Å². The molecule has 1 rings (SSSR count). The molecule has 14 heteroatoms. The third kappa shape index (κ3) is 4.10. The number of hydrogen-bond acceptors (Lipinski definition) is 6. The highest BCUT2D eigenvalue weighted by Crippen LogP contribution is 2.45. The fraction of sp³-hybridized carbons (Fsp3) is 0.727. The zero-order chi connectivity index (χ0) is 19.8. The lowest BCUT2D eigenvalue weighted by Crippen LogP contribution is -2.51. The first-order valence-corrected chi connectivity index (χ1v) is 9.60. The summed E-state index contributed by atoms with van der Waals surface area (Å²) in [6.07, 6.45) is -2.23. The van der Waals surface area contributed by atoms with E-state index in [-0.39, 0.29) is 12.8 Å². The van der Waals surface area contributed by atoms with Gasteiger partial charge in [0.25, 0.3) is 19.7 Å². The van der Waals surface area contributed by atoms with Crippen LogP contribution in [0, 0.1) is 5.92 Å². The molecule has 0 aliphatic heterocycles. The van der Waals surface area contributed by atoms with Gasteiger partial charge in [0.1, 0.15) is 6.10 Å². The zero-order valence-corrected chi connectivity index (χ0v) is 13.8. The maximum Gasteiger partial charge on any atom is 0.498 e. The molecule has 0 aromatic carbocycles. The van der Waals surface area contributed by atoms with Crippen LogP contribution in [0.15, 0.2) is 12.7 Å². The number of ether oxygens (including phenoxy) is 1. The molecule has 0 saturated heterocycles. The van der Waals surface area contributed by atoms with E-state index in [1.165, 1.54) is 0 Å². The van der Waals surface area contributed by atoms with E-state index < -0.39 is 59.7 Å². The summed E-state index contributed by atoms with van der Waals surface area (Å²) in [5, 5.41) is 0. The van der Waals surface area contributed by atoms with Crippen LogP contribution in [0.4, 0.5) is 26.3 Å². The van der Waals surface area contributed by atoms with Crippen LogP contribution < -0.4 is 0 Å². The van der Waals surface area contributed by atoms with Gasteiger partial charge in [-0.25, -0.2) is 21.6 Å². The number of rotatable bonds is 5. The van der Waals surface area contributed by atoms with Gasteiger partial charge in [-0.05, 0) is 19.3 Å². The monoisotopic (exact) mass is 418 g/mol. The lowest BCUT2D eigenvalue weighted by atomic mass is 10.1. The van der Waals surface area contributed by atoms with Crippen molar-refractivity contribution in [1.82, 2.24) is 0 Å². The van der Waals surface area contributed by atoms with E-state index in [0.717, 1.165) is 0 Å². The number of esters is 1. The molecule has 0 N–H and O–H groups in total. The minimum Gasteiger partial charge on any atom is -0.459 e. The number of alkyl halides is 6. The Balaban J connectivity index is 3.53. The SMILES string of the molecule is C=CC(=O)OC1CCCC1C(S(=O)(=O)C(F)(F)F)S(=O)(=O)C(F)(F)F. The molecule has 0 amide bonds. The summed E-state index contributed by atoms with van der Waals surface area (Å²) in [5.74, 6) is -3.45. The summed E-state index contributed by atoms with van der Waals surface area (Å²) in [5.41, 5.74) is -12.5. The molecule has 2 unspecified atom stereocenters. The highest BCUT2D eigenvalue weighted by molar-refractivity contribution is 8.09. The van der Waals surface area contributed by atoms with Gasteiger partial charge in [0.05, 0.1) is 0 Å². The Bertz CT molecular complexity index is 692. The molecule has 1 aliphatic carbocycles. The molecule has 0 heterocycles. The second-order valence-electron chi connectivity index (χ2n) is 5.12. The molecule has 0 radical (unpaired) electrons. The molecule has 146 valence electrons. The van der Waals surface area contributed by atoms with Crippen LogP contribution in [-0.4, -0.2) is 44.5 Å². The molecule has 2 atom stereocenters. The summed E-state index contributed by atoms with van der Waals surface area (Å²) >= 11 is 0. The number of halogens is 6. The van der Waals surface area contributed by atoms with Crippen LogP contribution in [0.25, 0.3) is 0 Å². The molecular formula is C11H12F6O6S2. The van der Waals surface area contributed by atoms with Gasteiger partial charge in [0.15, 0.2) is 4.58 Å². The Morgan fingerprint density at radius 1 is 1.00 bits per heavy atom. The van der Waals surface area contributed by atoms with Gasteiger partial charge in [-0.2, -0.15) is 26.3 Å². The van der Waals surface area contributed by atoms with Gasteiger partial charge in [0.2, 0.25) is 0 Å². The number of hydrogen-bond donors (Lipinski definition) is 0. The topological polar surface area (TPSA) is 94.6 Å². The molecule has 1 saturated carbocycles. The van der Waals surface area contributed by atoms with Crippen molar-refractivity contribution in [3.05, 3.63) is 12.7 Å². The first-order chi connectivity index (χ1) is 11.1. The Labute approximate surface area is 138 Å². The summed E-state index contributed by atoms with van der Waals surface area (Å²) in [7, 11) is -13.5. The second kappa shape index (κ2) is 6.78. The quantitative estimate of drug-likeness (QED) is 0.386. The van der Waals surface area contributed by atoms with E-state index in [2.05, 4.69) is 11.3 Å². The Kier molecular flexibility index (Phi) is 5.89. The van der Waals surface area contributed by atoms with Crippen molar-refractivity contribution in [3.63, 3.8) is 0 Å². The normalized spacial score (nSPS) is 22.8. The third-order valence-electron chi connectivity index (χ3n) is 3.54. The fourth-order valence-electron chi connectivity index (χ4n) is 2.50. The Morgan fingerprint density at radius 2 is 1.44 bits per heavy atom. The van der Waals surface area contributed by atoms with Crippen molar-refractivity contribution in [2.24, 2.45) is 5.92 Å². The van der Waals surface area contributed by atoms with E-state index in [0.29, 0.717) is 6.08 Å². The van der Waals surface area contributed by atoms with E-state index in [1.807, 2.05) is 0 Å². The van der Waals surface area contributed by atoms with Crippen molar-refractivity contribution >= 4 is 25.6 Å². The zero-order valence-electron chi connectivity index (χ0n) is 12.2. The summed E-state index contributed by atoms with van der Waals surface area (Å²) in [6, 6.07) is 0. The van der Waals surface area contributed by atoms with Crippen LogP contribution in [-0.2, 0) is 29.2 Å². The molecule has 1 fully saturated rings. The lowest BCUT2D eigenvalue weighted by Gasteiger charge is -2.28. The van der Waals surface area contributed by atoms with E-state index >= 15 is 0 Å². The van der Waals surface area contributed by atoms with Gasteiger partial charge in [-0.15, -0.1) is 0 Å². The van der Waals surface area contributed by atoms with Gasteiger partial charge in [-0.1, -0.05) is 6.58 Å². The van der Waals surface area contributed by atoms with Gasteiger partial charge < -0.3 is 4.74 Å². The van der Waals surface area contributed by atoms with Crippen molar-refractivity contribution in [3.8, 4) is 0 Å². The maximum atomic E-state index is 12.8.